The molecule has 35 heavy (non-hydrogen) atoms. The fourth-order valence-corrected chi connectivity index (χ4v) is 3.80. The third-order valence-corrected chi connectivity index (χ3v) is 5.75. The maximum absolute atomic E-state index is 12.2. The molecule has 0 radical (unpaired) electrons. The van der Waals surface area contributed by atoms with E-state index in [-0.39, 0.29) is 5.91 Å². The van der Waals surface area contributed by atoms with Crippen LogP contribution in [0, 0.1) is 0 Å². The molecule has 7 heteroatoms. The molecule has 0 saturated carbocycles. The molecule has 0 bridgehead atoms. The zero-order valence-electron chi connectivity index (χ0n) is 19.8. The second kappa shape index (κ2) is 14.4. The second-order valence-corrected chi connectivity index (χ2v) is 8.92. The molecule has 1 amide bonds. The second-order valence-electron chi connectivity index (χ2n) is 8.04. The Labute approximate surface area is 217 Å². The first-order chi connectivity index (χ1) is 17.0. The number of halogens is 2. The van der Waals surface area contributed by atoms with Gasteiger partial charge in [0.15, 0.2) is 0 Å². The molecule has 0 atom stereocenters. The van der Waals surface area contributed by atoms with Gasteiger partial charge in [-0.2, -0.15) is 5.10 Å². The van der Waals surface area contributed by atoms with Crippen molar-refractivity contribution < 1.29 is 14.3 Å². The molecule has 0 unspecified atom stereocenters. The molecule has 0 heterocycles. The van der Waals surface area contributed by atoms with Crippen molar-refractivity contribution in [1.82, 2.24) is 5.43 Å². The van der Waals surface area contributed by atoms with Crippen molar-refractivity contribution in [2.75, 3.05) is 13.2 Å². The number of amides is 1. The molecule has 0 aliphatic heterocycles. The number of carbonyl (C=O) groups excluding carboxylic acids is 1. The largest absolute Gasteiger partial charge is 0.490 e. The van der Waals surface area contributed by atoms with E-state index in [1.165, 1.54) is 37.5 Å². The van der Waals surface area contributed by atoms with Crippen LogP contribution in [-0.2, 0) is 6.42 Å². The molecule has 3 aromatic rings. The number of unbranched alkanes of at least 4 members (excludes halogenated alkanes) is 3. The van der Waals surface area contributed by atoms with E-state index >= 15 is 0 Å². The van der Waals surface area contributed by atoms with Crippen LogP contribution in [-0.4, -0.2) is 25.3 Å². The SMILES string of the molecule is CCCCCCc1ccc(OCCOc2ccc(Cl)cc2C=NNC(=O)c2cccc(Cl)c2)cc1. The van der Waals surface area contributed by atoms with Crippen molar-refractivity contribution in [3.05, 3.63) is 93.5 Å². The highest BCUT2D eigenvalue weighted by atomic mass is 35.5. The zero-order valence-corrected chi connectivity index (χ0v) is 21.3. The van der Waals surface area contributed by atoms with Crippen LogP contribution in [0.5, 0.6) is 11.5 Å². The molecular formula is C28H30Cl2N2O3. The van der Waals surface area contributed by atoms with Crippen molar-refractivity contribution in [2.45, 2.75) is 39.0 Å². The van der Waals surface area contributed by atoms with Gasteiger partial charge in [-0.1, -0.05) is 67.6 Å². The number of carbonyl (C=O) groups is 1. The Morgan fingerprint density at radius 1 is 0.914 bits per heavy atom. The number of hydrogen-bond donors (Lipinski definition) is 1. The van der Waals surface area contributed by atoms with Crippen molar-refractivity contribution in [3.8, 4) is 11.5 Å². The number of nitrogens with one attached hydrogen (secondary N) is 1. The van der Waals surface area contributed by atoms with Gasteiger partial charge in [0.25, 0.3) is 5.91 Å². The Hall–Kier alpha value is -3.02. The summed E-state index contributed by atoms with van der Waals surface area (Å²) in [5.74, 6) is 1.03. The van der Waals surface area contributed by atoms with Crippen LogP contribution in [0.1, 0.15) is 54.1 Å². The molecule has 1 N–H and O–H groups in total. The molecule has 0 aliphatic rings. The lowest BCUT2D eigenvalue weighted by molar-refractivity contribution is 0.0955. The summed E-state index contributed by atoms with van der Waals surface area (Å²) in [5, 5.41) is 5.04. The maximum Gasteiger partial charge on any atom is 0.271 e. The summed E-state index contributed by atoms with van der Waals surface area (Å²) in [5.41, 5.74) is 4.86. The van der Waals surface area contributed by atoms with Gasteiger partial charge in [0.2, 0.25) is 0 Å². The molecule has 0 spiro atoms. The molecule has 3 rings (SSSR count). The van der Waals surface area contributed by atoms with Crippen molar-refractivity contribution in [1.29, 1.82) is 0 Å². The zero-order chi connectivity index (χ0) is 24.9. The standard InChI is InChI=1S/C28H30Cl2N2O3/c1-2-3-4-5-7-21-10-13-26(14-11-21)34-16-17-35-27-15-12-25(30)19-23(27)20-31-32-28(33)22-8-6-9-24(29)18-22/h6,8-15,18-20H,2-5,7,16-17H2,1H3,(H,32,33). The Morgan fingerprint density at radius 3 is 2.46 bits per heavy atom. The van der Waals surface area contributed by atoms with Crippen LogP contribution in [0.4, 0.5) is 0 Å². The highest BCUT2D eigenvalue weighted by molar-refractivity contribution is 6.31. The summed E-state index contributed by atoms with van der Waals surface area (Å²) in [4.78, 5) is 12.2. The van der Waals surface area contributed by atoms with Gasteiger partial charge in [-0.25, -0.2) is 5.43 Å². The van der Waals surface area contributed by atoms with Crippen LogP contribution >= 0.6 is 23.2 Å². The minimum Gasteiger partial charge on any atom is -0.490 e. The van der Waals surface area contributed by atoms with E-state index < -0.39 is 0 Å². The first-order valence-corrected chi connectivity index (χ1v) is 12.5. The van der Waals surface area contributed by atoms with E-state index in [1.54, 1.807) is 42.5 Å². The predicted octanol–water partition coefficient (Wildman–Crippen LogP) is 7.34. The molecule has 3 aromatic carbocycles. The molecule has 0 aromatic heterocycles. The number of rotatable bonds is 13. The Bertz CT molecular complexity index is 1120. The molecule has 0 saturated heterocycles. The number of nitrogens with zero attached hydrogens (tertiary/aromatic N) is 1. The van der Waals surface area contributed by atoms with Gasteiger partial charge in [0.1, 0.15) is 24.7 Å². The first kappa shape index (κ1) is 26.6. The lowest BCUT2D eigenvalue weighted by Gasteiger charge is -2.11. The van der Waals surface area contributed by atoms with E-state index in [0.717, 1.165) is 12.2 Å². The number of aryl methyl sites for hydroxylation is 1. The van der Waals surface area contributed by atoms with Gasteiger partial charge in [-0.05, 0) is 66.9 Å². The summed E-state index contributed by atoms with van der Waals surface area (Å²) < 4.78 is 11.7. The smallest absolute Gasteiger partial charge is 0.271 e. The average Bonchev–Trinajstić information content (AvgIpc) is 2.86. The lowest BCUT2D eigenvalue weighted by Crippen LogP contribution is -2.17. The lowest BCUT2D eigenvalue weighted by atomic mass is 10.1. The van der Waals surface area contributed by atoms with E-state index in [1.807, 2.05) is 12.1 Å². The summed E-state index contributed by atoms with van der Waals surface area (Å²) in [6, 6.07) is 20.1. The summed E-state index contributed by atoms with van der Waals surface area (Å²) in [7, 11) is 0. The first-order valence-electron chi connectivity index (χ1n) is 11.8. The monoisotopic (exact) mass is 512 g/mol. The average molecular weight is 513 g/mol. The quantitative estimate of drug-likeness (QED) is 0.148. The maximum atomic E-state index is 12.2. The highest BCUT2D eigenvalue weighted by Gasteiger charge is 2.06. The Kier molecular flexibility index (Phi) is 10.9. The molecule has 184 valence electrons. The van der Waals surface area contributed by atoms with E-state index in [4.69, 9.17) is 32.7 Å². The number of hydrogen-bond acceptors (Lipinski definition) is 4. The minimum atomic E-state index is -0.367. The fraction of sp³-hybridized carbons (Fsp3) is 0.286. The van der Waals surface area contributed by atoms with E-state index in [2.05, 4.69) is 29.6 Å². The number of benzene rings is 3. The van der Waals surface area contributed by atoms with E-state index in [0.29, 0.717) is 40.1 Å². The van der Waals surface area contributed by atoms with Crippen molar-refractivity contribution in [2.24, 2.45) is 5.10 Å². The van der Waals surface area contributed by atoms with Crippen LogP contribution < -0.4 is 14.9 Å². The Morgan fingerprint density at radius 2 is 1.69 bits per heavy atom. The molecule has 0 aliphatic carbocycles. The minimum absolute atomic E-state index is 0.343. The van der Waals surface area contributed by atoms with Gasteiger partial charge in [-0.15, -0.1) is 0 Å². The van der Waals surface area contributed by atoms with Gasteiger partial charge >= 0.3 is 0 Å². The van der Waals surface area contributed by atoms with Crippen LogP contribution in [0.15, 0.2) is 71.8 Å². The van der Waals surface area contributed by atoms with Crippen LogP contribution in [0.3, 0.4) is 0 Å². The topological polar surface area (TPSA) is 59.9 Å². The third-order valence-electron chi connectivity index (χ3n) is 5.28. The van der Waals surface area contributed by atoms with E-state index in [9.17, 15) is 4.79 Å². The van der Waals surface area contributed by atoms with Gasteiger partial charge < -0.3 is 9.47 Å². The third kappa shape index (κ3) is 9.27. The van der Waals surface area contributed by atoms with Crippen LogP contribution in [0.2, 0.25) is 10.0 Å². The van der Waals surface area contributed by atoms with Gasteiger partial charge in [-0.3, -0.25) is 4.79 Å². The fourth-order valence-electron chi connectivity index (χ4n) is 3.43. The van der Waals surface area contributed by atoms with Gasteiger partial charge in [0, 0.05) is 21.2 Å². The molecule has 5 nitrogen and oxygen atoms in total. The normalized spacial score (nSPS) is 10.9. The summed E-state index contributed by atoms with van der Waals surface area (Å²) >= 11 is 12.1. The van der Waals surface area contributed by atoms with Crippen molar-refractivity contribution in [3.63, 3.8) is 0 Å². The van der Waals surface area contributed by atoms with Gasteiger partial charge in [0.05, 0.1) is 6.21 Å². The predicted molar refractivity (Wildman–Crippen MR) is 143 cm³/mol. The molecular weight excluding hydrogens is 483 g/mol. The Balaban J connectivity index is 1.47. The van der Waals surface area contributed by atoms with Crippen molar-refractivity contribution >= 4 is 35.3 Å². The summed E-state index contributed by atoms with van der Waals surface area (Å²) in [6.07, 6.45) is 7.63. The molecule has 0 fully saturated rings. The number of hydrazone groups is 1. The highest BCUT2D eigenvalue weighted by Crippen LogP contribution is 2.22. The summed E-state index contributed by atoms with van der Waals surface area (Å²) in [6.45, 7) is 2.96. The van der Waals surface area contributed by atoms with Crippen LogP contribution in [0.25, 0.3) is 0 Å². The number of ether oxygens (including phenoxy) is 2.